The molecule has 1 heteroatoms. The molecule has 16 heavy (non-hydrogen) atoms. The highest BCUT2D eigenvalue weighted by atomic mass is 15.1. The highest BCUT2D eigenvalue weighted by Gasteiger charge is 2.40. The Morgan fingerprint density at radius 3 is 2.00 bits per heavy atom. The van der Waals surface area contributed by atoms with Gasteiger partial charge >= 0.3 is 0 Å². The van der Waals surface area contributed by atoms with Gasteiger partial charge in [-0.05, 0) is 52.3 Å². The summed E-state index contributed by atoms with van der Waals surface area (Å²) in [4.78, 5) is 2.26. The molecular weight excluding hydrogens is 194 g/mol. The van der Waals surface area contributed by atoms with Gasteiger partial charge in [0.15, 0.2) is 0 Å². The van der Waals surface area contributed by atoms with Crippen molar-refractivity contribution in [2.75, 3.05) is 14.1 Å². The van der Waals surface area contributed by atoms with Gasteiger partial charge in [-0.3, -0.25) is 4.90 Å². The lowest BCUT2D eigenvalue weighted by Gasteiger charge is -2.41. The molecule has 1 saturated carbocycles. The number of hydrogen-bond donors (Lipinski definition) is 0. The van der Waals surface area contributed by atoms with Crippen molar-refractivity contribution < 1.29 is 0 Å². The maximum Gasteiger partial charge on any atom is 0.0495 e. The fraction of sp³-hybridized carbons (Fsp3) is 0.267. The summed E-state index contributed by atoms with van der Waals surface area (Å²) in [5.41, 5.74) is 1.27. The van der Waals surface area contributed by atoms with Gasteiger partial charge in [0.05, 0.1) is 0 Å². The summed E-state index contributed by atoms with van der Waals surface area (Å²) in [7, 11) is 4.25. The van der Waals surface area contributed by atoms with Gasteiger partial charge in [0.2, 0.25) is 0 Å². The van der Waals surface area contributed by atoms with Crippen LogP contribution >= 0.6 is 0 Å². The van der Waals surface area contributed by atoms with Crippen molar-refractivity contribution in [2.24, 2.45) is 0 Å². The molecule has 1 fully saturated rings. The molecule has 0 saturated heterocycles. The largest absolute Gasteiger partial charge is 0.299 e. The lowest BCUT2D eigenvalue weighted by molar-refractivity contribution is 0.199. The van der Waals surface area contributed by atoms with E-state index in [0.717, 1.165) is 0 Å². The van der Waals surface area contributed by atoms with Gasteiger partial charge in [-0.15, -0.1) is 0 Å². The zero-order chi connectivity index (χ0) is 11.6. The molecule has 5 radical (unpaired) electrons. The molecule has 1 aliphatic rings. The van der Waals surface area contributed by atoms with E-state index in [1.54, 1.807) is 0 Å². The third-order valence-electron chi connectivity index (χ3n) is 3.46. The topological polar surface area (TPSA) is 3.24 Å². The Balaban J connectivity index is 2.35. The molecule has 1 unspecified atom stereocenters. The third kappa shape index (κ3) is 1.89. The van der Waals surface area contributed by atoms with Crippen LogP contribution in [0.3, 0.4) is 0 Å². The SMILES string of the molecule is CN(C)C(C)([C]1[CH][CH][CH][CH]1)c1ccccc1. The van der Waals surface area contributed by atoms with Crippen LogP contribution in [-0.2, 0) is 5.54 Å². The highest BCUT2D eigenvalue weighted by Crippen LogP contribution is 2.43. The van der Waals surface area contributed by atoms with Crippen molar-refractivity contribution in [1.29, 1.82) is 0 Å². The summed E-state index contributed by atoms with van der Waals surface area (Å²) < 4.78 is 0. The Labute approximate surface area is 99.5 Å². The van der Waals surface area contributed by atoms with Crippen LogP contribution in [0, 0.1) is 31.6 Å². The van der Waals surface area contributed by atoms with E-state index in [1.807, 2.05) is 0 Å². The van der Waals surface area contributed by atoms with E-state index in [4.69, 9.17) is 0 Å². The molecule has 0 amide bonds. The highest BCUT2D eigenvalue weighted by molar-refractivity contribution is 5.46. The zero-order valence-corrected chi connectivity index (χ0v) is 10.1. The first-order valence-electron chi connectivity index (χ1n) is 5.61. The fourth-order valence-electron chi connectivity index (χ4n) is 2.14. The molecule has 0 aliphatic heterocycles. The quantitative estimate of drug-likeness (QED) is 0.744. The van der Waals surface area contributed by atoms with Gasteiger partial charge in [-0.25, -0.2) is 0 Å². The van der Waals surface area contributed by atoms with Crippen molar-refractivity contribution >= 4 is 0 Å². The zero-order valence-electron chi connectivity index (χ0n) is 10.1. The maximum atomic E-state index is 2.26. The molecule has 1 atom stereocenters. The number of rotatable bonds is 3. The van der Waals surface area contributed by atoms with Crippen molar-refractivity contribution in [3.8, 4) is 0 Å². The van der Waals surface area contributed by atoms with E-state index < -0.39 is 0 Å². The molecule has 1 aromatic rings. The number of benzene rings is 1. The molecular formula is C15H18N. The number of hydrogen-bond acceptors (Lipinski definition) is 1. The van der Waals surface area contributed by atoms with E-state index in [-0.39, 0.29) is 5.54 Å². The van der Waals surface area contributed by atoms with Crippen LogP contribution < -0.4 is 0 Å². The molecule has 0 N–H and O–H groups in total. The molecule has 0 aromatic heterocycles. The monoisotopic (exact) mass is 212 g/mol. The summed E-state index contributed by atoms with van der Waals surface area (Å²) >= 11 is 0. The summed E-state index contributed by atoms with van der Waals surface area (Å²) in [5, 5.41) is 0. The van der Waals surface area contributed by atoms with Crippen LogP contribution in [0.1, 0.15) is 12.5 Å². The van der Waals surface area contributed by atoms with Crippen LogP contribution in [0.15, 0.2) is 30.3 Å². The van der Waals surface area contributed by atoms with Crippen molar-refractivity contribution in [1.82, 2.24) is 4.90 Å². The minimum atomic E-state index is -0.0508. The second-order valence-electron chi connectivity index (χ2n) is 4.51. The lowest BCUT2D eigenvalue weighted by atomic mass is 9.77. The van der Waals surface area contributed by atoms with Gasteiger partial charge in [0.25, 0.3) is 0 Å². The van der Waals surface area contributed by atoms with Crippen LogP contribution in [-0.4, -0.2) is 19.0 Å². The van der Waals surface area contributed by atoms with Gasteiger partial charge in [-0.2, -0.15) is 0 Å². The van der Waals surface area contributed by atoms with Crippen molar-refractivity contribution in [2.45, 2.75) is 12.5 Å². The molecule has 0 bridgehead atoms. The van der Waals surface area contributed by atoms with Crippen LogP contribution in [0.25, 0.3) is 0 Å². The molecule has 1 aromatic carbocycles. The summed E-state index contributed by atoms with van der Waals surface area (Å²) in [5.74, 6) is 1.34. The predicted molar refractivity (Wildman–Crippen MR) is 67.9 cm³/mol. The third-order valence-corrected chi connectivity index (χ3v) is 3.46. The van der Waals surface area contributed by atoms with Crippen LogP contribution in [0.5, 0.6) is 0 Å². The van der Waals surface area contributed by atoms with Crippen molar-refractivity contribution in [3.63, 3.8) is 0 Å². The van der Waals surface area contributed by atoms with Gasteiger partial charge in [0.1, 0.15) is 0 Å². The Bertz CT molecular complexity index is 325. The van der Waals surface area contributed by atoms with E-state index in [2.05, 4.69) is 81.9 Å². The fourth-order valence-corrected chi connectivity index (χ4v) is 2.14. The average molecular weight is 212 g/mol. The second kappa shape index (κ2) is 4.58. The standard InChI is InChI=1S/C15H18N/c1-15(16(2)3,14-11-7-8-12-14)13-9-5-4-6-10-13/h4-12H,1-3H3. The lowest BCUT2D eigenvalue weighted by Crippen LogP contribution is -2.43. The molecule has 1 aliphatic carbocycles. The van der Waals surface area contributed by atoms with Crippen molar-refractivity contribution in [3.05, 3.63) is 67.5 Å². The smallest absolute Gasteiger partial charge is 0.0495 e. The van der Waals surface area contributed by atoms with E-state index in [9.17, 15) is 0 Å². The predicted octanol–water partition coefficient (Wildman–Crippen LogP) is 2.87. The maximum absolute atomic E-state index is 2.26. The molecule has 1 nitrogen and oxygen atoms in total. The number of nitrogens with zero attached hydrogens (tertiary/aromatic N) is 1. The first-order chi connectivity index (χ1) is 7.65. The molecule has 83 valence electrons. The first-order valence-corrected chi connectivity index (χ1v) is 5.61. The molecule has 2 rings (SSSR count). The van der Waals surface area contributed by atoms with Gasteiger partial charge in [0, 0.05) is 11.5 Å². The van der Waals surface area contributed by atoms with Crippen LogP contribution in [0.4, 0.5) is 0 Å². The van der Waals surface area contributed by atoms with E-state index in [0.29, 0.717) is 0 Å². The minimum absolute atomic E-state index is 0.0508. The minimum Gasteiger partial charge on any atom is -0.299 e. The summed E-state index contributed by atoms with van der Waals surface area (Å²) in [6.07, 6.45) is 8.57. The Kier molecular flexibility index (Phi) is 3.34. The first kappa shape index (κ1) is 11.7. The van der Waals surface area contributed by atoms with E-state index >= 15 is 0 Å². The Morgan fingerprint density at radius 1 is 0.938 bits per heavy atom. The van der Waals surface area contributed by atoms with Gasteiger partial charge in [-0.1, -0.05) is 30.3 Å². The Morgan fingerprint density at radius 2 is 1.50 bits per heavy atom. The second-order valence-corrected chi connectivity index (χ2v) is 4.51. The normalized spacial score (nSPS) is 21.2. The Hall–Kier alpha value is -0.820. The molecule has 0 spiro atoms. The average Bonchev–Trinajstić information content (AvgIpc) is 2.82. The summed E-state index contributed by atoms with van der Waals surface area (Å²) in [6.45, 7) is 2.26. The van der Waals surface area contributed by atoms with Gasteiger partial charge < -0.3 is 0 Å². The molecule has 0 heterocycles. The van der Waals surface area contributed by atoms with E-state index in [1.165, 1.54) is 11.5 Å². The summed E-state index contributed by atoms with van der Waals surface area (Å²) in [6, 6.07) is 10.6. The van der Waals surface area contributed by atoms with Crippen LogP contribution in [0.2, 0.25) is 0 Å².